The van der Waals surface area contributed by atoms with Crippen LogP contribution in [0.15, 0.2) is 24.5 Å². The number of nitrogens with zero attached hydrogens (tertiary/aromatic N) is 2. The molecule has 0 saturated heterocycles. The molecule has 0 bridgehead atoms. The molecule has 0 amide bonds. The normalized spacial score (nSPS) is 11.3. The van der Waals surface area contributed by atoms with Gasteiger partial charge < -0.3 is 14.7 Å². The molecular weight excluding hydrogens is 238 g/mol. The van der Waals surface area contributed by atoms with Crippen LogP contribution in [0.5, 0.6) is 0 Å². The molecule has 4 heteroatoms. The largest absolute Gasteiger partial charge is 0.345 e. The number of benzene rings is 1. The Morgan fingerprint density at radius 3 is 3.00 bits per heavy atom. The van der Waals surface area contributed by atoms with E-state index in [1.165, 1.54) is 5.56 Å². The van der Waals surface area contributed by atoms with E-state index in [-0.39, 0.29) is 5.78 Å². The van der Waals surface area contributed by atoms with Crippen molar-refractivity contribution in [1.29, 1.82) is 0 Å². The number of nitrogens with one attached hydrogen (secondary N) is 1. The SMILES string of the molecule is CC(=O)CCCN(C)CCc1ccc2nc[nH]c2c1. The first-order chi connectivity index (χ1) is 9.15. The number of carbonyl (C=O) groups is 1. The molecule has 0 aliphatic rings. The van der Waals surface area contributed by atoms with Gasteiger partial charge in [0.2, 0.25) is 0 Å². The average Bonchev–Trinajstić information content (AvgIpc) is 2.83. The van der Waals surface area contributed by atoms with Crippen LogP contribution in [0.1, 0.15) is 25.3 Å². The molecule has 0 aliphatic heterocycles. The zero-order valence-electron chi connectivity index (χ0n) is 11.6. The van der Waals surface area contributed by atoms with Crippen molar-refractivity contribution in [2.45, 2.75) is 26.2 Å². The van der Waals surface area contributed by atoms with Gasteiger partial charge in [0.05, 0.1) is 17.4 Å². The molecule has 0 radical (unpaired) electrons. The fraction of sp³-hybridized carbons (Fsp3) is 0.467. The van der Waals surface area contributed by atoms with Crippen LogP contribution >= 0.6 is 0 Å². The van der Waals surface area contributed by atoms with Crippen molar-refractivity contribution in [2.24, 2.45) is 0 Å². The fourth-order valence-electron chi connectivity index (χ4n) is 2.17. The van der Waals surface area contributed by atoms with Crippen molar-refractivity contribution in [3.63, 3.8) is 0 Å². The number of ketones is 1. The summed E-state index contributed by atoms with van der Waals surface area (Å²) in [4.78, 5) is 20.5. The highest BCUT2D eigenvalue weighted by molar-refractivity contribution is 5.75. The molecular formula is C15H21N3O. The predicted octanol–water partition coefficient (Wildman–Crippen LogP) is 2.41. The third-order valence-corrected chi connectivity index (χ3v) is 3.34. The summed E-state index contributed by atoms with van der Waals surface area (Å²) in [5.74, 6) is 0.276. The fourth-order valence-corrected chi connectivity index (χ4v) is 2.17. The Kier molecular flexibility index (Phi) is 4.68. The van der Waals surface area contributed by atoms with Crippen LogP contribution < -0.4 is 0 Å². The van der Waals surface area contributed by atoms with Gasteiger partial charge in [-0.15, -0.1) is 0 Å². The summed E-state index contributed by atoms with van der Waals surface area (Å²) in [7, 11) is 2.11. The van der Waals surface area contributed by atoms with Gasteiger partial charge in [0.25, 0.3) is 0 Å². The highest BCUT2D eigenvalue weighted by atomic mass is 16.1. The molecule has 0 atom stereocenters. The summed E-state index contributed by atoms with van der Waals surface area (Å²) in [5.41, 5.74) is 3.42. The minimum absolute atomic E-state index is 0.276. The zero-order valence-corrected chi connectivity index (χ0v) is 11.6. The van der Waals surface area contributed by atoms with Crippen molar-refractivity contribution in [3.05, 3.63) is 30.1 Å². The zero-order chi connectivity index (χ0) is 13.7. The van der Waals surface area contributed by atoms with Crippen molar-refractivity contribution in [2.75, 3.05) is 20.1 Å². The van der Waals surface area contributed by atoms with Crippen LogP contribution in [0.25, 0.3) is 11.0 Å². The Labute approximate surface area is 113 Å². The van der Waals surface area contributed by atoms with Gasteiger partial charge in [-0.1, -0.05) is 6.07 Å². The van der Waals surface area contributed by atoms with Gasteiger partial charge in [0, 0.05) is 13.0 Å². The first-order valence-electron chi connectivity index (χ1n) is 6.75. The number of carbonyl (C=O) groups excluding carboxylic acids is 1. The Bertz CT molecular complexity index is 547. The van der Waals surface area contributed by atoms with Gasteiger partial charge in [-0.2, -0.15) is 0 Å². The molecule has 0 fully saturated rings. The van der Waals surface area contributed by atoms with Crippen LogP contribution in [0.4, 0.5) is 0 Å². The first kappa shape index (κ1) is 13.7. The number of imidazole rings is 1. The van der Waals surface area contributed by atoms with Gasteiger partial charge in [0.15, 0.2) is 0 Å². The number of hydrogen-bond acceptors (Lipinski definition) is 3. The molecule has 1 heterocycles. The van der Waals surface area contributed by atoms with E-state index in [1.807, 2.05) is 0 Å². The van der Waals surface area contributed by atoms with Gasteiger partial charge in [-0.3, -0.25) is 0 Å². The summed E-state index contributed by atoms with van der Waals surface area (Å²) in [6, 6.07) is 6.34. The molecule has 19 heavy (non-hydrogen) atoms. The molecule has 0 spiro atoms. The predicted molar refractivity (Wildman–Crippen MR) is 77.2 cm³/mol. The van der Waals surface area contributed by atoms with Gasteiger partial charge in [-0.05, 0) is 51.1 Å². The van der Waals surface area contributed by atoms with E-state index in [2.05, 4.69) is 40.1 Å². The van der Waals surface area contributed by atoms with E-state index in [0.29, 0.717) is 6.42 Å². The summed E-state index contributed by atoms with van der Waals surface area (Å²) < 4.78 is 0. The lowest BCUT2D eigenvalue weighted by molar-refractivity contribution is -0.117. The van der Waals surface area contributed by atoms with E-state index in [0.717, 1.165) is 37.0 Å². The van der Waals surface area contributed by atoms with E-state index >= 15 is 0 Å². The molecule has 0 aliphatic carbocycles. The summed E-state index contributed by atoms with van der Waals surface area (Å²) in [6.07, 6.45) is 4.38. The monoisotopic (exact) mass is 259 g/mol. The topological polar surface area (TPSA) is 49.0 Å². The van der Waals surface area contributed by atoms with E-state index < -0.39 is 0 Å². The van der Waals surface area contributed by atoms with Gasteiger partial charge in [0.1, 0.15) is 5.78 Å². The number of hydrogen-bond donors (Lipinski definition) is 1. The van der Waals surface area contributed by atoms with Gasteiger partial charge in [-0.25, -0.2) is 4.98 Å². The number of likely N-dealkylation sites (N-methyl/N-ethyl adjacent to an activating group) is 1. The smallest absolute Gasteiger partial charge is 0.129 e. The lowest BCUT2D eigenvalue weighted by atomic mass is 10.1. The second kappa shape index (κ2) is 6.48. The van der Waals surface area contributed by atoms with Crippen molar-refractivity contribution in [3.8, 4) is 0 Å². The molecule has 1 aromatic heterocycles. The minimum atomic E-state index is 0.276. The maximum absolute atomic E-state index is 10.9. The van der Waals surface area contributed by atoms with E-state index in [4.69, 9.17) is 0 Å². The van der Waals surface area contributed by atoms with Gasteiger partial charge >= 0.3 is 0 Å². The quantitative estimate of drug-likeness (QED) is 0.830. The highest BCUT2D eigenvalue weighted by Gasteiger charge is 2.02. The molecule has 1 N–H and O–H groups in total. The second-order valence-corrected chi connectivity index (χ2v) is 5.11. The lowest BCUT2D eigenvalue weighted by Crippen LogP contribution is -2.22. The van der Waals surface area contributed by atoms with E-state index in [9.17, 15) is 4.79 Å². The number of rotatable bonds is 7. The molecule has 1 aromatic carbocycles. The van der Waals surface area contributed by atoms with Crippen molar-refractivity contribution >= 4 is 16.8 Å². The maximum atomic E-state index is 10.9. The Morgan fingerprint density at radius 1 is 1.37 bits per heavy atom. The van der Waals surface area contributed by atoms with Crippen LogP contribution in [-0.2, 0) is 11.2 Å². The summed E-state index contributed by atoms with van der Waals surface area (Å²) in [6.45, 7) is 3.64. The third kappa shape index (κ3) is 4.17. The number of aromatic amines is 1. The summed E-state index contributed by atoms with van der Waals surface area (Å²) in [5, 5.41) is 0. The molecule has 2 rings (SSSR count). The minimum Gasteiger partial charge on any atom is -0.345 e. The maximum Gasteiger partial charge on any atom is 0.129 e. The highest BCUT2D eigenvalue weighted by Crippen LogP contribution is 2.12. The standard InChI is InChI=1S/C15H21N3O/c1-12(19)4-3-8-18(2)9-7-13-5-6-14-15(10-13)17-11-16-14/h5-6,10-11H,3-4,7-9H2,1-2H3,(H,16,17). The number of fused-ring (bicyclic) bond motifs is 1. The van der Waals surface area contributed by atoms with Crippen molar-refractivity contribution in [1.82, 2.24) is 14.9 Å². The molecule has 0 unspecified atom stereocenters. The van der Waals surface area contributed by atoms with E-state index in [1.54, 1.807) is 13.3 Å². The van der Waals surface area contributed by atoms with Crippen LogP contribution in [-0.4, -0.2) is 40.8 Å². The molecule has 102 valence electrons. The third-order valence-electron chi connectivity index (χ3n) is 3.34. The second-order valence-electron chi connectivity index (χ2n) is 5.11. The van der Waals surface area contributed by atoms with Crippen molar-refractivity contribution < 1.29 is 4.79 Å². The average molecular weight is 259 g/mol. The Balaban J connectivity index is 1.79. The number of aromatic nitrogens is 2. The number of H-pyrrole nitrogens is 1. The first-order valence-corrected chi connectivity index (χ1v) is 6.75. The van der Waals surface area contributed by atoms with Crippen LogP contribution in [0, 0.1) is 0 Å². The summed E-state index contributed by atoms with van der Waals surface area (Å²) >= 11 is 0. The Hall–Kier alpha value is -1.68. The molecule has 2 aromatic rings. The lowest BCUT2D eigenvalue weighted by Gasteiger charge is -2.16. The number of Topliss-reactive ketones (excluding diaryl/α,β-unsaturated/α-hetero) is 1. The van der Waals surface area contributed by atoms with Crippen LogP contribution in [0.2, 0.25) is 0 Å². The Morgan fingerprint density at radius 2 is 2.21 bits per heavy atom. The van der Waals surface area contributed by atoms with Crippen LogP contribution in [0.3, 0.4) is 0 Å². The molecule has 4 nitrogen and oxygen atoms in total. The molecule has 0 saturated carbocycles.